The standard InChI is InChI=1S/C8H3BrCl2N2O/c9-6-3-4(10)1-2-5(6)7-12-8(11)14-13-7/h1-3H. The zero-order chi connectivity index (χ0) is 10.1. The molecule has 1 aromatic heterocycles. The molecule has 0 saturated heterocycles. The Morgan fingerprint density at radius 3 is 2.64 bits per heavy atom. The van der Waals surface area contributed by atoms with Gasteiger partial charge in [0.1, 0.15) is 0 Å². The number of hydrogen-bond donors (Lipinski definition) is 0. The zero-order valence-electron chi connectivity index (χ0n) is 6.67. The highest BCUT2D eigenvalue weighted by atomic mass is 79.9. The average molecular weight is 294 g/mol. The second-order valence-corrected chi connectivity index (χ2v) is 4.11. The molecule has 0 bridgehead atoms. The van der Waals surface area contributed by atoms with Crippen molar-refractivity contribution >= 4 is 39.1 Å². The van der Waals surface area contributed by atoms with Crippen molar-refractivity contribution < 1.29 is 4.52 Å². The van der Waals surface area contributed by atoms with Gasteiger partial charge in [-0.2, -0.15) is 4.98 Å². The van der Waals surface area contributed by atoms with Gasteiger partial charge in [0.15, 0.2) is 0 Å². The number of aromatic nitrogens is 2. The van der Waals surface area contributed by atoms with Crippen LogP contribution in [0, 0.1) is 0 Å². The summed E-state index contributed by atoms with van der Waals surface area (Å²) in [7, 11) is 0. The Bertz CT molecular complexity index is 472. The second kappa shape index (κ2) is 3.88. The summed E-state index contributed by atoms with van der Waals surface area (Å²) < 4.78 is 5.45. The van der Waals surface area contributed by atoms with Crippen LogP contribution in [0.5, 0.6) is 0 Å². The lowest BCUT2D eigenvalue weighted by Gasteiger charge is -1.98. The highest BCUT2D eigenvalue weighted by Crippen LogP contribution is 2.29. The molecule has 0 aliphatic heterocycles. The van der Waals surface area contributed by atoms with Gasteiger partial charge in [0.05, 0.1) is 0 Å². The molecule has 0 spiro atoms. The van der Waals surface area contributed by atoms with Gasteiger partial charge in [-0.1, -0.05) is 16.8 Å². The van der Waals surface area contributed by atoms with E-state index in [1.807, 2.05) is 0 Å². The fourth-order valence-corrected chi connectivity index (χ4v) is 1.96. The van der Waals surface area contributed by atoms with Crippen LogP contribution in [0.25, 0.3) is 11.4 Å². The molecule has 2 aromatic rings. The molecular weight excluding hydrogens is 291 g/mol. The van der Waals surface area contributed by atoms with E-state index in [0.717, 1.165) is 10.0 Å². The van der Waals surface area contributed by atoms with Crippen molar-refractivity contribution in [1.82, 2.24) is 10.1 Å². The summed E-state index contributed by atoms with van der Waals surface area (Å²) in [6.45, 7) is 0. The predicted molar refractivity (Wildman–Crippen MR) is 57.5 cm³/mol. The van der Waals surface area contributed by atoms with Crippen LogP contribution in [0.15, 0.2) is 27.2 Å². The first-order chi connectivity index (χ1) is 6.66. The summed E-state index contributed by atoms with van der Waals surface area (Å²) in [5.41, 5.74) is 0.782. The Labute approximate surface area is 98.1 Å². The molecule has 0 saturated carbocycles. The van der Waals surface area contributed by atoms with Crippen molar-refractivity contribution in [1.29, 1.82) is 0 Å². The monoisotopic (exact) mass is 292 g/mol. The van der Waals surface area contributed by atoms with E-state index in [0.29, 0.717) is 10.8 Å². The zero-order valence-corrected chi connectivity index (χ0v) is 9.77. The second-order valence-electron chi connectivity index (χ2n) is 2.50. The molecule has 3 nitrogen and oxygen atoms in total. The molecule has 0 aliphatic rings. The van der Waals surface area contributed by atoms with Crippen molar-refractivity contribution in [2.24, 2.45) is 0 Å². The number of benzene rings is 1. The minimum absolute atomic E-state index is 0.0156. The van der Waals surface area contributed by atoms with Crippen molar-refractivity contribution in [3.63, 3.8) is 0 Å². The normalized spacial score (nSPS) is 10.5. The summed E-state index contributed by atoms with van der Waals surface area (Å²) in [5.74, 6) is 0.429. The lowest BCUT2D eigenvalue weighted by Crippen LogP contribution is -1.81. The number of hydrogen-bond acceptors (Lipinski definition) is 3. The maximum Gasteiger partial charge on any atom is 0.320 e. The molecule has 2 rings (SSSR count). The minimum Gasteiger partial charge on any atom is -0.321 e. The molecule has 72 valence electrons. The lowest BCUT2D eigenvalue weighted by molar-refractivity contribution is 0.421. The molecule has 0 amide bonds. The van der Waals surface area contributed by atoms with E-state index in [1.165, 1.54) is 0 Å². The molecule has 0 unspecified atom stereocenters. The average Bonchev–Trinajstić information content (AvgIpc) is 2.51. The highest BCUT2D eigenvalue weighted by molar-refractivity contribution is 9.10. The van der Waals surface area contributed by atoms with Crippen LogP contribution in [-0.4, -0.2) is 10.1 Å². The molecule has 6 heteroatoms. The SMILES string of the molecule is Clc1ccc(-c2noc(Cl)n2)c(Br)c1. The Morgan fingerprint density at radius 2 is 2.07 bits per heavy atom. The minimum atomic E-state index is 0.0156. The van der Waals surface area contributed by atoms with Crippen LogP contribution in [-0.2, 0) is 0 Å². The van der Waals surface area contributed by atoms with Gasteiger partial charge in [0, 0.05) is 15.1 Å². The largest absolute Gasteiger partial charge is 0.321 e. The molecule has 0 N–H and O–H groups in total. The quantitative estimate of drug-likeness (QED) is 0.802. The van der Waals surface area contributed by atoms with Crippen LogP contribution in [0.4, 0.5) is 0 Å². The van der Waals surface area contributed by atoms with Crippen molar-refractivity contribution in [2.75, 3.05) is 0 Å². The van der Waals surface area contributed by atoms with E-state index >= 15 is 0 Å². The van der Waals surface area contributed by atoms with Gasteiger partial charge in [-0.05, 0) is 45.7 Å². The number of rotatable bonds is 1. The van der Waals surface area contributed by atoms with E-state index in [1.54, 1.807) is 18.2 Å². The van der Waals surface area contributed by atoms with Gasteiger partial charge in [0.2, 0.25) is 5.82 Å². The molecule has 0 aliphatic carbocycles. The third-order valence-corrected chi connectivity index (χ3v) is 2.62. The fraction of sp³-hybridized carbons (Fsp3) is 0. The Kier molecular flexibility index (Phi) is 2.76. The summed E-state index contributed by atoms with van der Waals surface area (Å²) in [6.07, 6.45) is 0. The fourth-order valence-electron chi connectivity index (χ4n) is 0.985. The summed E-state index contributed by atoms with van der Waals surface area (Å²) in [5, 5.41) is 4.34. The molecule has 0 atom stereocenters. The third kappa shape index (κ3) is 1.92. The molecule has 0 fully saturated rings. The van der Waals surface area contributed by atoms with Crippen molar-refractivity contribution in [2.45, 2.75) is 0 Å². The smallest absolute Gasteiger partial charge is 0.320 e. The Hall–Kier alpha value is -0.580. The van der Waals surface area contributed by atoms with E-state index in [4.69, 9.17) is 23.2 Å². The first kappa shape index (κ1) is 9.96. The van der Waals surface area contributed by atoms with Gasteiger partial charge in [-0.3, -0.25) is 0 Å². The Morgan fingerprint density at radius 1 is 1.29 bits per heavy atom. The lowest BCUT2D eigenvalue weighted by atomic mass is 10.2. The van der Waals surface area contributed by atoms with Crippen LogP contribution >= 0.6 is 39.1 Å². The van der Waals surface area contributed by atoms with E-state index in [-0.39, 0.29) is 5.35 Å². The van der Waals surface area contributed by atoms with E-state index in [2.05, 4.69) is 30.6 Å². The molecular formula is C8H3BrCl2N2O. The maximum absolute atomic E-state index is 5.79. The first-order valence-corrected chi connectivity index (χ1v) is 5.16. The maximum atomic E-state index is 5.79. The summed E-state index contributed by atoms with van der Waals surface area (Å²) in [6, 6.07) is 5.28. The topological polar surface area (TPSA) is 38.9 Å². The van der Waals surface area contributed by atoms with Crippen LogP contribution in [0.1, 0.15) is 0 Å². The number of halogens is 3. The third-order valence-electron chi connectivity index (χ3n) is 1.57. The number of nitrogens with zero attached hydrogens (tertiary/aromatic N) is 2. The molecule has 1 heterocycles. The van der Waals surface area contributed by atoms with Crippen LogP contribution in [0.3, 0.4) is 0 Å². The first-order valence-electron chi connectivity index (χ1n) is 3.61. The van der Waals surface area contributed by atoms with E-state index in [9.17, 15) is 0 Å². The van der Waals surface area contributed by atoms with Gasteiger partial charge >= 0.3 is 5.35 Å². The van der Waals surface area contributed by atoms with Crippen molar-refractivity contribution in [3.05, 3.63) is 33.0 Å². The van der Waals surface area contributed by atoms with Crippen LogP contribution < -0.4 is 0 Å². The van der Waals surface area contributed by atoms with E-state index < -0.39 is 0 Å². The van der Waals surface area contributed by atoms with Gasteiger partial charge in [-0.15, -0.1) is 0 Å². The van der Waals surface area contributed by atoms with Gasteiger partial charge in [-0.25, -0.2) is 0 Å². The molecule has 14 heavy (non-hydrogen) atoms. The van der Waals surface area contributed by atoms with Crippen LogP contribution in [0.2, 0.25) is 10.4 Å². The Balaban J connectivity index is 2.52. The summed E-state index contributed by atoms with van der Waals surface area (Å²) >= 11 is 14.6. The van der Waals surface area contributed by atoms with Gasteiger partial charge < -0.3 is 4.52 Å². The summed E-state index contributed by atoms with van der Waals surface area (Å²) in [4.78, 5) is 3.89. The molecule has 0 radical (unpaired) electrons. The highest BCUT2D eigenvalue weighted by Gasteiger charge is 2.10. The van der Waals surface area contributed by atoms with Gasteiger partial charge in [0.25, 0.3) is 0 Å². The molecule has 1 aromatic carbocycles. The van der Waals surface area contributed by atoms with Crippen molar-refractivity contribution in [3.8, 4) is 11.4 Å². The predicted octanol–water partition coefficient (Wildman–Crippen LogP) is 3.81.